The summed E-state index contributed by atoms with van der Waals surface area (Å²) in [6.07, 6.45) is 0. The molecule has 0 unspecified atom stereocenters. The fourth-order valence-corrected chi connectivity index (χ4v) is 2.74. The summed E-state index contributed by atoms with van der Waals surface area (Å²) in [4.78, 5) is 14.1. The van der Waals surface area contributed by atoms with Gasteiger partial charge in [-0.1, -0.05) is 53.4 Å². The zero-order valence-electron chi connectivity index (χ0n) is 20.0. The van der Waals surface area contributed by atoms with Crippen LogP contribution in [0.5, 0.6) is 0 Å². The van der Waals surface area contributed by atoms with Gasteiger partial charge in [0.25, 0.3) is 0 Å². The fourth-order valence-electron chi connectivity index (χ4n) is 2.74. The van der Waals surface area contributed by atoms with E-state index in [-0.39, 0.29) is 5.82 Å². The fraction of sp³-hybridized carbons (Fsp3) is 0.423. The Morgan fingerprint density at radius 3 is 2.06 bits per heavy atom. The number of methoxy groups -OCH3 is 1. The highest BCUT2D eigenvalue weighted by Gasteiger charge is 2.15. The van der Waals surface area contributed by atoms with Crippen LogP contribution in [0.4, 0.5) is 10.1 Å². The second-order valence-corrected chi connectivity index (χ2v) is 5.72. The minimum absolute atomic E-state index is 0.292. The van der Waals surface area contributed by atoms with Crippen LogP contribution >= 0.6 is 0 Å². The zero-order valence-corrected chi connectivity index (χ0v) is 20.0. The van der Waals surface area contributed by atoms with Crippen molar-refractivity contribution in [1.29, 1.82) is 0 Å². The number of anilines is 1. The van der Waals surface area contributed by atoms with Crippen LogP contribution in [0.25, 0.3) is 0 Å². The third-order valence-corrected chi connectivity index (χ3v) is 4.06. The predicted molar refractivity (Wildman–Crippen MR) is 129 cm³/mol. The average Bonchev–Trinajstić information content (AvgIpc) is 2.87. The van der Waals surface area contributed by atoms with Gasteiger partial charge in [-0.25, -0.2) is 9.18 Å². The van der Waals surface area contributed by atoms with E-state index in [1.165, 1.54) is 19.2 Å². The van der Waals surface area contributed by atoms with Gasteiger partial charge in [-0.15, -0.1) is 0 Å². The molecule has 1 heterocycles. The van der Waals surface area contributed by atoms with Gasteiger partial charge >= 0.3 is 5.97 Å². The van der Waals surface area contributed by atoms with Gasteiger partial charge in [0.15, 0.2) is 0 Å². The SMILES string of the molecule is CC.CC.CC.COC(=O)c1ccc(N2CCNCC2)c(C#Cc2ccc(F)cc2)c1. The van der Waals surface area contributed by atoms with Crippen molar-refractivity contribution in [1.82, 2.24) is 5.32 Å². The van der Waals surface area contributed by atoms with Crippen molar-refractivity contribution in [3.8, 4) is 11.8 Å². The van der Waals surface area contributed by atoms with Crippen molar-refractivity contribution in [2.45, 2.75) is 41.5 Å². The number of nitrogens with one attached hydrogen (secondary N) is 1. The van der Waals surface area contributed by atoms with Gasteiger partial charge in [-0.3, -0.25) is 0 Å². The first kappa shape index (κ1) is 28.2. The van der Waals surface area contributed by atoms with Crippen molar-refractivity contribution in [2.24, 2.45) is 0 Å². The van der Waals surface area contributed by atoms with E-state index in [4.69, 9.17) is 4.74 Å². The highest BCUT2D eigenvalue weighted by atomic mass is 19.1. The van der Waals surface area contributed by atoms with Crippen LogP contribution in [0, 0.1) is 17.7 Å². The van der Waals surface area contributed by atoms with Gasteiger partial charge in [-0.05, 0) is 42.5 Å². The molecule has 3 rings (SSSR count). The number of benzene rings is 2. The number of halogens is 1. The predicted octanol–water partition coefficient (Wildman–Crippen LogP) is 5.50. The summed E-state index contributed by atoms with van der Waals surface area (Å²) < 4.78 is 17.8. The first-order valence-electron chi connectivity index (χ1n) is 11.1. The topological polar surface area (TPSA) is 41.6 Å². The quantitative estimate of drug-likeness (QED) is 0.507. The largest absolute Gasteiger partial charge is 0.465 e. The molecule has 4 nitrogen and oxygen atoms in total. The number of piperazine rings is 1. The summed E-state index contributed by atoms with van der Waals surface area (Å²) in [6, 6.07) is 11.4. The minimum atomic E-state index is -0.392. The Labute approximate surface area is 187 Å². The van der Waals surface area contributed by atoms with Crippen molar-refractivity contribution < 1.29 is 13.9 Å². The van der Waals surface area contributed by atoms with Crippen molar-refractivity contribution in [2.75, 3.05) is 38.2 Å². The second kappa shape index (κ2) is 16.9. The molecule has 0 bridgehead atoms. The number of esters is 1. The third-order valence-electron chi connectivity index (χ3n) is 4.06. The second-order valence-electron chi connectivity index (χ2n) is 5.72. The molecule has 0 saturated carbocycles. The standard InChI is InChI=1S/C20H19FN2O2.3C2H6/c1-25-20(24)17-6-9-19(23-12-10-22-11-13-23)16(14-17)5-2-15-3-7-18(21)8-4-15;3*1-2/h3-4,6-9,14,22H,10-13H2,1H3;3*1-2H3. The molecule has 2 aromatic rings. The first-order valence-corrected chi connectivity index (χ1v) is 11.1. The Hall–Kier alpha value is -2.84. The summed E-state index contributed by atoms with van der Waals surface area (Å²) >= 11 is 0. The smallest absolute Gasteiger partial charge is 0.337 e. The van der Waals surface area contributed by atoms with E-state index in [9.17, 15) is 9.18 Å². The molecule has 1 fully saturated rings. The van der Waals surface area contributed by atoms with Crippen LogP contribution in [0.15, 0.2) is 42.5 Å². The molecule has 0 spiro atoms. The van der Waals surface area contributed by atoms with E-state index in [0.717, 1.165) is 43.0 Å². The monoisotopic (exact) mass is 428 g/mol. The van der Waals surface area contributed by atoms with E-state index in [0.29, 0.717) is 5.56 Å². The van der Waals surface area contributed by atoms with Gasteiger partial charge in [-0.2, -0.15) is 0 Å². The van der Waals surface area contributed by atoms with E-state index in [1.54, 1.807) is 24.3 Å². The Kier molecular flexibility index (Phi) is 15.4. The lowest BCUT2D eigenvalue weighted by molar-refractivity contribution is 0.0600. The number of rotatable bonds is 2. The molecule has 0 aromatic heterocycles. The molecule has 0 atom stereocenters. The zero-order chi connectivity index (χ0) is 23.6. The molecule has 0 radical (unpaired) electrons. The van der Waals surface area contributed by atoms with Crippen LogP contribution < -0.4 is 10.2 Å². The molecular weight excluding hydrogens is 391 g/mol. The molecule has 1 aliphatic heterocycles. The average molecular weight is 429 g/mol. The van der Waals surface area contributed by atoms with Crippen LogP contribution in [-0.2, 0) is 4.74 Å². The number of hydrogen-bond donors (Lipinski definition) is 1. The molecule has 31 heavy (non-hydrogen) atoms. The third kappa shape index (κ3) is 9.23. The van der Waals surface area contributed by atoms with Gasteiger partial charge < -0.3 is 15.0 Å². The Balaban J connectivity index is 0.00000138. The van der Waals surface area contributed by atoms with Crippen molar-refractivity contribution >= 4 is 11.7 Å². The van der Waals surface area contributed by atoms with Crippen molar-refractivity contribution in [3.05, 3.63) is 65.0 Å². The first-order chi connectivity index (χ1) is 15.2. The number of hydrogen-bond acceptors (Lipinski definition) is 4. The maximum Gasteiger partial charge on any atom is 0.337 e. The molecule has 1 N–H and O–H groups in total. The minimum Gasteiger partial charge on any atom is -0.465 e. The molecule has 1 saturated heterocycles. The Morgan fingerprint density at radius 1 is 0.935 bits per heavy atom. The normalized spacial score (nSPS) is 11.7. The summed E-state index contributed by atoms with van der Waals surface area (Å²) in [5, 5.41) is 3.32. The molecular formula is C26H37FN2O2. The lowest BCUT2D eigenvalue weighted by Crippen LogP contribution is -2.43. The summed E-state index contributed by atoms with van der Waals surface area (Å²) in [6.45, 7) is 15.6. The summed E-state index contributed by atoms with van der Waals surface area (Å²) in [7, 11) is 1.36. The van der Waals surface area contributed by atoms with Crippen LogP contribution in [0.2, 0.25) is 0 Å². The number of carbonyl (C=O) groups excluding carboxylic acids is 1. The lowest BCUT2D eigenvalue weighted by Gasteiger charge is -2.30. The highest BCUT2D eigenvalue weighted by molar-refractivity contribution is 5.90. The van der Waals surface area contributed by atoms with Crippen molar-refractivity contribution in [3.63, 3.8) is 0 Å². The summed E-state index contributed by atoms with van der Waals surface area (Å²) in [5.74, 6) is 5.48. The number of ether oxygens (including phenoxy) is 1. The lowest BCUT2D eigenvalue weighted by atomic mass is 10.1. The maximum absolute atomic E-state index is 13.0. The molecule has 0 amide bonds. The van der Waals surface area contributed by atoms with E-state index < -0.39 is 5.97 Å². The van der Waals surface area contributed by atoms with Crippen LogP contribution in [0.1, 0.15) is 63.0 Å². The molecule has 1 aliphatic rings. The van der Waals surface area contributed by atoms with Crippen LogP contribution in [-0.4, -0.2) is 39.3 Å². The maximum atomic E-state index is 13.0. The number of nitrogens with zero attached hydrogens (tertiary/aromatic N) is 1. The molecule has 170 valence electrons. The summed E-state index contributed by atoms with van der Waals surface area (Å²) in [5.41, 5.74) is 2.93. The van der Waals surface area contributed by atoms with Gasteiger partial charge in [0, 0.05) is 37.3 Å². The Morgan fingerprint density at radius 2 is 1.52 bits per heavy atom. The van der Waals surface area contributed by atoms with Gasteiger partial charge in [0.2, 0.25) is 0 Å². The van der Waals surface area contributed by atoms with E-state index in [1.807, 2.05) is 47.6 Å². The Bertz CT molecular complexity index is 818. The molecule has 0 aliphatic carbocycles. The molecule has 2 aromatic carbocycles. The van der Waals surface area contributed by atoms with Crippen LogP contribution in [0.3, 0.4) is 0 Å². The van der Waals surface area contributed by atoms with Gasteiger partial charge in [0.05, 0.1) is 18.4 Å². The van der Waals surface area contributed by atoms with E-state index in [2.05, 4.69) is 22.1 Å². The van der Waals surface area contributed by atoms with E-state index >= 15 is 0 Å². The molecule has 5 heteroatoms. The van der Waals surface area contributed by atoms with Gasteiger partial charge in [0.1, 0.15) is 5.82 Å². The number of carbonyl (C=O) groups is 1. The highest BCUT2D eigenvalue weighted by Crippen LogP contribution is 2.22.